The van der Waals surface area contributed by atoms with Crippen LogP contribution in [0.4, 0.5) is 0 Å². The zero-order valence-corrected chi connectivity index (χ0v) is 13.2. The summed E-state index contributed by atoms with van der Waals surface area (Å²) in [6.07, 6.45) is 4.62. The Kier molecular flexibility index (Phi) is 8.26. The number of hydrogen-bond donors (Lipinski definition) is 0. The normalized spacial score (nSPS) is 12.1. The molecule has 0 aromatic rings. The Labute approximate surface area is 116 Å². The average molecular weight is 283 g/mol. The number of ether oxygens (including phenoxy) is 1. The summed E-state index contributed by atoms with van der Waals surface area (Å²) in [7, 11) is -2.01. The van der Waals surface area contributed by atoms with E-state index in [0.717, 1.165) is 5.20 Å². The van der Waals surface area contributed by atoms with Gasteiger partial charge in [-0.3, -0.25) is 4.79 Å². The summed E-state index contributed by atoms with van der Waals surface area (Å²) >= 11 is 0. The van der Waals surface area contributed by atoms with Crippen molar-refractivity contribution >= 4 is 20.6 Å². The van der Waals surface area contributed by atoms with E-state index in [2.05, 4.69) is 6.58 Å². The average Bonchev–Trinajstić information content (AvgIpc) is 2.32. The highest BCUT2D eigenvalue weighted by Gasteiger charge is 2.26. The quantitative estimate of drug-likeness (QED) is 0.282. The molecule has 0 amide bonds. The van der Waals surface area contributed by atoms with Gasteiger partial charge in [0.1, 0.15) is 0 Å². The highest BCUT2D eigenvalue weighted by atomic mass is 28.4. The van der Waals surface area contributed by atoms with E-state index in [9.17, 15) is 9.59 Å². The van der Waals surface area contributed by atoms with Gasteiger partial charge >= 0.3 is 5.97 Å². The minimum absolute atomic E-state index is 0.318. The summed E-state index contributed by atoms with van der Waals surface area (Å²) < 4.78 is 10.7. The van der Waals surface area contributed by atoms with Crippen molar-refractivity contribution < 1.29 is 18.8 Å². The third-order valence-electron chi connectivity index (χ3n) is 2.68. The molecule has 0 unspecified atom stereocenters. The summed E-state index contributed by atoms with van der Waals surface area (Å²) in [6.45, 7) is 12.1. The molecule has 0 rings (SSSR count). The molecule has 0 aliphatic carbocycles. The predicted molar refractivity (Wildman–Crippen MR) is 77.9 cm³/mol. The van der Waals surface area contributed by atoms with Crippen molar-refractivity contribution in [2.45, 2.75) is 39.8 Å². The van der Waals surface area contributed by atoms with E-state index in [4.69, 9.17) is 9.16 Å². The number of carbonyl (C=O) groups excluding carboxylic acids is 2. The van der Waals surface area contributed by atoms with Gasteiger partial charge in [-0.25, -0.2) is 4.79 Å². The van der Waals surface area contributed by atoms with Gasteiger partial charge in [0.05, 0.1) is 6.61 Å². The number of allylic oxidation sites excluding steroid dienone is 2. The molecule has 0 N–H and O–H groups in total. The zero-order valence-electron chi connectivity index (χ0n) is 12.2. The van der Waals surface area contributed by atoms with E-state index in [1.807, 2.05) is 26.3 Å². The molecule has 19 heavy (non-hydrogen) atoms. The molecule has 1 radical (unpaired) electrons. The first-order valence-electron chi connectivity index (χ1n) is 6.39. The zero-order chi connectivity index (χ0) is 14.9. The Balaban J connectivity index is 4.32. The van der Waals surface area contributed by atoms with E-state index < -0.39 is 8.32 Å². The summed E-state index contributed by atoms with van der Waals surface area (Å²) in [6, 6.07) is 0. The highest BCUT2D eigenvalue weighted by molar-refractivity contribution is 6.78. The smallest absolute Gasteiger partial charge is 0.333 e. The lowest BCUT2D eigenvalue weighted by atomic mass is 10.3. The minimum Gasteiger partial charge on any atom is -0.462 e. The third kappa shape index (κ3) is 7.08. The van der Waals surface area contributed by atoms with Crippen molar-refractivity contribution in [1.82, 2.24) is 0 Å². The SMILES string of the molecule is C=C(C)C(=O)OCCCC(=C[C]=O)[Si](C)(C)OCC. The van der Waals surface area contributed by atoms with Gasteiger partial charge in [0.25, 0.3) is 0 Å². The van der Waals surface area contributed by atoms with Crippen LogP contribution in [0, 0.1) is 0 Å². The largest absolute Gasteiger partial charge is 0.462 e. The Bertz CT molecular complexity index is 358. The van der Waals surface area contributed by atoms with Crippen LogP contribution < -0.4 is 0 Å². The molecular weight excluding hydrogens is 260 g/mol. The van der Waals surface area contributed by atoms with Crippen LogP contribution in [0.3, 0.4) is 0 Å². The molecule has 0 heterocycles. The second-order valence-corrected chi connectivity index (χ2v) is 8.70. The second kappa shape index (κ2) is 8.82. The lowest BCUT2D eigenvalue weighted by Crippen LogP contribution is -2.34. The molecule has 0 atom stereocenters. The van der Waals surface area contributed by atoms with E-state index in [0.29, 0.717) is 31.6 Å². The molecule has 0 aromatic heterocycles. The van der Waals surface area contributed by atoms with Crippen molar-refractivity contribution in [3.8, 4) is 0 Å². The molecule has 0 saturated carbocycles. The first-order valence-corrected chi connectivity index (χ1v) is 9.29. The number of rotatable bonds is 9. The molecule has 5 heteroatoms. The molecule has 0 spiro atoms. The second-order valence-electron chi connectivity index (χ2n) is 4.75. The van der Waals surface area contributed by atoms with Crippen molar-refractivity contribution in [1.29, 1.82) is 0 Å². The number of esters is 1. The van der Waals surface area contributed by atoms with Gasteiger partial charge in [-0.1, -0.05) is 11.8 Å². The molecular formula is C14H23O4Si. The van der Waals surface area contributed by atoms with Gasteiger partial charge in [0.2, 0.25) is 14.6 Å². The van der Waals surface area contributed by atoms with Crippen LogP contribution >= 0.6 is 0 Å². The predicted octanol–water partition coefficient (Wildman–Crippen LogP) is 2.70. The van der Waals surface area contributed by atoms with Gasteiger partial charge in [-0.15, -0.1) is 0 Å². The third-order valence-corrected chi connectivity index (χ3v) is 5.64. The maximum Gasteiger partial charge on any atom is 0.333 e. The van der Waals surface area contributed by atoms with Crippen LogP contribution in [0.1, 0.15) is 26.7 Å². The summed E-state index contributed by atoms with van der Waals surface area (Å²) in [5.74, 6) is -0.381. The van der Waals surface area contributed by atoms with E-state index in [1.165, 1.54) is 6.08 Å². The fourth-order valence-electron chi connectivity index (χ4n) is 1.62. The Morgan fingerprint density at radius 2 is 2.05 bits per heavy atom. The lowest BCUT2D eigenvalue weighted by molar-refractivity contribution is -0.139. The number of carbonyl (C=O) groups is 1. The minimum atomic E-state index is -2.01. The van der Waals surface area contributed by atoms with Crippen LogP contribution in [-0.4, -0.2) is 33.8 Å². The van der Waals surface area contributed by atoms with E-state index in [-0.39, 0.29) is 5.97 Å². The molecule has 4 nitrogen and oxygen atoms in total. The van der Waals surface area contributed by atoms with Crippen molar-refractivity contribution in [2.75, 3.05) is 13.2 Å². The monoisotopic (exact) mass is 283 g/mol. The first kappa shape index (κ1) is 17.8. The van der Waals surface area contributed by atoms with Crippen LogP contribution in [0.15, 0.2) is 23.4 Å². The van der Waals surface area contributed by atoms with E-state index in [1.54, 1.807) is 6.92 Å². The van der Waals surface area contributed by atoms with Crippen LogP contribution in [-0.2, 0) is 18.8 Å². The van der Waals surface area contributed by atoms with Gasteiger partial charge in [0.15, 0.2) is 0 Å². The Hall–Kier alpha value is -1.20. The van der Waals surface area contributed by atoms with Crippen molar-refractivity contribution in [3.05, 3.63) is 23.4 Å². The van der Waals surface area contributed by atoms with E-state index >= 15 is 0 Å². The molecule has 0 fully saturated rings. The summed E-state index contributed by atoms with van der Waals surface area (Å²) in [4.78, 5) is 21.8. The maximum atomic E-state index is 11.2. The standard InChI is InChI=1S/C14H23O4Si/c1-6-18-19(4,5)13(9-10-15)8-7-11-17-14(16)12(2)3/h9H,2,6-8,11H2,1,3-5H3. The summed E-state index contributed by atoms with van der Waals surface area (Å²) in [5, 5.41) is 0.982. The Morgan fingerprint density at radius 3 is 2.53 bits per heavy atom. The molecule has 0 saturated heterocycles. The van der Waals surface area contributed by atoms with Gasteiger partial charge in [0, 0.05) is 12.2 Å². The topological polar surface area (TPSA) is 52.6 Å². The molecule has 107 valence electrons. The Morgan fingerprint density at radius 1 is 1.42 bits per heavy atom. The van der Waals surface area contributed by atoms with Crippen molar-refractivity contribution in [3.63, 3.8) is 0 Å². The van der Waals surface area contributed by atoms with Crippen molar-refractivity contribution in [2.24, 2.45) is 0 Å². The lowest BCUT2D eigenvalue weighted by Gasteiger charge is -2.25. The first-order chi connectivity index (χ1) is 8.85. The molecule has 0 bridgehead atoms. The van der Waals surface area contributed by atoms with Gasteiger partial charge in [-0.2, -0.15) is 0 Å². The number of hydrogen-bond acceptors (Lipinski definition) is 4. The summed E-state index contributed by atoms with van der Waals surface area (Å²) in [5.41, 5.74) is 0.390. The van der Waals surface area contributed by atoms with Crippen LogP contribution in [0.2, 0.25) is 13.1 Å². The fraction of sp³-hybridized carbons (Fsp3) is 0.571. The van der Waals surface area contributed by atoms with Gasteiger partial charge < -0.3 is 9.16 Å². The molecule has 0 aromatic carbocycles. The van der Waals surface area contributed by atoms with Crippen LogP contribution in [0.5, 0.6) is 0 Å². The molecule has 0 aliphatic heterocycles. The van der Waals surface area contributed by atoms with Gasteiger partial charge in [-0.05, 0) is 45.9 Å². The maximum absolute atomic E-state index is 11.2. The van der Waals surface area contributed by atoms with Crippen LogP contribution in [0.25, 0.3) is 0 Å². The highest BCUT2D eigenvalue weighted by Crippen LogP contribution is 2.20. The molecule has 0 aliphatic rings. The fourth-order valence-corrected chi connectivity index (χ4v) is 3.71.